The Kier molecular flexibility index (Phi) is 5.50. The molecule has 0 N–H and O–H groups in total. The molecule has 0 saturated carbocycles. The Morgan fingerprint density at radius 1 is 1.10 bits per heavy atom. The highest BCUT2D eigenvalue weighted by Crippen LogP contribution is 2.22. The van der Waals surface area contributed by atoms with Crippen LogP contribution in [0.4, 0.5) is 4.79 Å². The van der Waals surface area contributed by atoms with Gasteiger partial charge in [-0.3, -0.25) is 19.5 Å². The fraction of sp³-hybridized carbons (Fsp3) is 0.545. The molecule has 7 heteroatoms. The van der Waals surface area contributed by atoms with Gasteiger partial charge in [0.2, 0.25) is 0 Å². The molecule has 4 rings (SSSR count). The van der Waals surface area contributed by atoms with Crippen molar-refractivity contribution < 1.29 is 14.2 Å². The number of rotatable bonds is 5. The minimum Gasteiger partial charge on any atom is -0.289 e. The van der Waals surface area contributed by atoms with Crippen LogP contribution in [-0.2, 0) is 11.2 Å². The lowest BCUT2D eigenvalue weighted by atomic mass is 10.0. The summed E-state index contributed by atoms with van der Waals surface area (Å²) in [6.07, 6.45) is 4.48. The van der Waals surface area contributed by atoms with E-state index in [1.165, 1.54) is 34.6 Å². The van der Waals surface area contributed by atoms with E-state index in [1.807, 2.05) is 18.2 Å². The monoisotopic (exact) mass is 396 g/mol. The van der Waals surface area contributed by atoms with Crippen molar-refractivity contribution in [1.29, 1.82) is 0 Å². The third-order valence-corrected chi connectivity index (χ3v) is 6.38. The van der Waals surface area contributed by atoms with E-state index in [-0.39, 0.29) is 11.9 Å². The second-order valence-corrected chi connectivity index (χ2v) is 8.27. The first-order chi connectivity index (χ1) is 14.0. The zero-order chi connectivity index (χ0) is 20.5. The molecule has 2 unspecified atom stereocenters. The summed E-state index contributed by atoms with van der Waals surface area (Å²) < 4.78 is 2.12. The van der Waals surface area contributed by atoms with Crippen LogP contribution in [0.15, 0.2) is 35.3 Å². The van der Waals surface area contributed by atoms with Crippen LogP contribution in [0.25, 0.3) is 0 Å². The van der Waals surface area contributed by atoms with Gasteiger partial charge in [0.05, 0.1) is 6.54 Å². The lowest BCUT2D eigenvalue weighted by Gasteiger charge is -2.32. The molecule has 2 atom stereocenters. The molecule has 0 aliphatic carbocycles. The molecule has 1 aromatic rings. The number of amides is 3. The number of benzene rings is 1. The van der Waals surface area contributed by atoms with E-state index >= 15 is 0 Å². The van der Waals surface area contributed by atoms with E-state index < -0.39 is 6.04 Å². The van der Waals surface area contributed by atoms with Crippen LogP contribution in [0.3, 0.4) is 0 Å². The number of likely N-dealkylation sites (N-methyl/N-ethyl adjacent to an activating group) is 2. The summed E-state index contributed by atoms with van der Waals surface area (Å²) in [6, 6.07) is 9.97. The standard InChI is InChI=1S/C22H30N5O2/c1-16-9-7-8-13-26(16)15-18-23-20-19(21(28)25(3)22(29)24(20)2)27(18)14-12-17-10-5-4-6-11-17/h4-6,10-11,16,19H,7-9,12-15H2,1-3H3/q+1. The average Bonchev–Trinajstić information content (AvgIpc) is 3.10. The molecule has 0 aromatic heterocycles. The molecule has 2 fully saturated rings. The van der Waals surface area contributed by atoms with E-state index in [0.717, 1.165) is 25.3 Å². The number of hydrogen-bond donors (Lipinski definition) is 0. The van der Waals surface area contributed by atoms with Gasteiger partial charge in [0.1, 0.15) is 6.54 Å². The number of imide groups is 1. The predicted molar refractivity (Wildman–Crippen MR) is 112 cm³/mol. The smallest absolute Gasteiger partial charge is 0.289 e. The molecular formula is C22H30N5O2+. The lowest BCUT2D eigenvalue weighted by molar-refractivity contribution is -0.535. The minimum absolute atomic E-state index is 0.193. The summed E-state index contributed by atoms with van der Waals surface area (Å²) in [4.78, 5) is 35.5. The molecule has 0 spiro atoms. The number of likely N-dealkylation sites (tertiary alicyclic amines) is 1. The predicted octanol–water partition coefficient (Wildman–Crippen LogP) is 1.82. The third-order valence-electron chi connectivity index (χ3n) is 6.38. The summed E-state index contributed by atoms with van der Waals surface area (Å²) in [6.45, 7) is 4.73. The average molecular weight is 397 g/mol. The number of urea groups is 1. The minimum atomic E-state index is -0.512. The summed E-state index contributed by atoms with van der Waals surface area (Å²) in [7, 11) is 3.26. The largest absolute Gasteiger partial charge is 0.333 e. The molecule has 2 saturated heterocycles. The van der Waals surface area contributed by atoms with E-state index in [2.05, 4.69) is 28.5 Å². The van der Waals surface area contributed by atoms with Gasteiger partial charge in [0.15, 0.2) is 0 Å². The van der Waals surface area contributed by atoms with Gasteiger partial charge in [-0.1, -0.05) is 36.8 Å². The van der Waals surface area contributed by atoms with Gasteiger partial charge < -0.3 is 0 Å². The highest BCUT2D eigenvalue weighted by Gasteiger charge is 2.53. The lowest BCUT2D eigenvalue weighted by Crippen LogP contribution is -2.61. The Hall–Kier alpha value is -2.54. The van der Waals surface area contributed by atoms with Crippen molar-refractivity contribution in [2.75, 3.05) is 33.7 Å². The maximum Gasteiger partial charge on any atom is 0.333 e. The summed E-state index contributed by atoms with van der Waals surface area (Å²) in [5.41, 5.74) is 1.23. The summed E-state index contributed by atoms with van der Waals surface area (Å²) >= 11 is 0. The van der Waals surface area contributed by atoms with Crippen molar-refractivity contribution in [1.82, 2.24) is 14.7 Å². The molecular weight excluding hydrogens is 366 g/mol. The Morgan fingerprint density at radius 3 is 2.59 bits per heavy atom. The second-order valence-electron chi connectivity index (χ2n) is 8.27. The fourth-order valence-corrected chi connectivity index (χ4v) is 4.50. The van der Waals surface area contributed by atoms with Crippen LogP contribution in [0, 0.1) is 0 Å². The summed E-state index contributed by atoms with van der Waals surface area (Å²) in [5, 5.41) is 0. The number of amidine groups is 2. The zero-order valence-electron chi connectivity index (χ0n) is 17.5. The molecule has 3 aliphatic heterocycles. The molecule has 0 radical (unpaired) electrons. The van der Waals surface area contributed by atoms with E-state index in [9.17, 15) is 9.59 Å². The fourth-order valence-electron chi connectivity index (χ4n) is 4.50. The molecule has 0 bridgehead atoms. The summed E-state index contributed by atoms with van der Waals surface area (Å²) in [5.74, 6) is 1.27. The van der Waals surface area contributed by atoms with Crippen LogP contribution in [0.5, 0.6) is 0 Å². The van der Waals surface area contributed by atoms with Crippen LogP contribution >= 0.6 is 0 Å². The molecule has 3 heterocycles. The topological polar surface area (TPSA) is 59.2 Å². The number of nitrogens with zero attached hydrogens (tertiary/aromatic N) is 5. The number of carbonyl (C=O) groups is 2. The van der Waals surface area contributed by atoms with Gasteiger partial charge in [-0.2, -0.15) is 0 Å². The van der Waals surface area contributed by atoms with Crippen molar-refractivity contribution in [3.63, 3.8) is 0 Å². The van der Waals surface area contributed by atoms with Gasteiger partial charge in [-0.05, 0) is 36.9 Å². The van der Waals surface area contributed by atoms with Gasteiger partial charge in [-0.15, -0.1) is 0 Å². The van der Waals surface area contributed by atoms with Crippen molar-refractivity contribution in [3.8, 4) is 0 Å². The Balaban J connectivity index is 1.64. The third kappa shape index (κ3) is 3.71. The number of fused-ring (bicyclic) bond motifs is 1. The van der Waals surface area contributed by atoms with Gasteiger partial charge in [0.25, 0.3) is 17.8 Å². The molecule has 3 aliphatic rings. The maximum atomic E-state index is 13.0. The first-order valence-corrected chi connectivity index (χ1v) is 10.5. The first-order valence-electron chi connectivity index (χ1n) is 10.5. The molecule has 29 heavy (non-hydrogen) atoms. The number of aliphatic imine (C=N–C) groups is 1. The van der Waals surface area contributed by atoms with Crippen LogP contribution in [0.1, 0.15) is 31.7 Å². The molecule has 154 valence electrons. The zero-order valence-corrected chi connectivity index (χ0v) is 17.5. The van der Waals surface area contributed by atoms with Crippen LogP contribution in [-0.4, -0.2) is 88.7 Å². The van der Waals surface area contributed by atoms with Gasteiger partial charge >= 0.3 is 11.9 Å². The molecule has 7 nitrogen and oxygen atoms in total. The van der Waals surface area contributed by atoms with Crippen molar-refractivity contribution >= 4 is 23.6 Å². The van der Waals surface area contributed by atoms with Crippen molar-refractivity contribution in [2.24, 2.45) is 4.99 Å². The van der Waals surface area contributed by atoms with Crippen molar-refractivity contribution in [2.45, 2.75) is 44.7 Å². The highest BCUT2D eigenvalue weighted by molar-refractivity contribution is 6.23. The van der Waals surface area contributed by atoms with E-state index in [0.29, 0.717) is 18.4 Å². The Morgan fingerprint density at radius 2 is 1.86 bits per heavy atom. The SMILES string of the molecule is CC1CCCCN1CC1=[N+](CCc2ccccc2)C2C(=O)N(C)C(=O)N(C)C2=N1. The maximum absolute atomic E-state index is 13.0. The molecule has 3 amide bonds. The number of hydrogen-bond acceptors (Lipinski definition) is 4. The number of carbonyl (C=O) groups excluding carboxylic acids is 2. The van der Waals surface area contributed by atoms with Crippen molar-refractivity contribution in [3.05, 3.63) is 35.9 Å². The van der Waals surface area contributed by atoms with Crippen LogP contribution in [0.2, 0.25) is 0 Å². The van der Waals surface area contributed by atoms with E-state index in [4.69, 9.17) is 4.99 Å². The van der Waals surface area contributed by atoms with Gasteiger partial charge in [0, 0.05) is 26.6 Å². The first kappa shape index (κ1) is 19.8. The van der Waals surface area contributed by atoms with Gasteiger partial charge in [-0.25, -0.2) is 9.37 Å². The Bertz CT molecular complexity index is 863. The second kappa shape index (κ2) is 8.06. The quantitative estimate of drug-likeness (QED) is 0.714. The highest BCUT2D eigenvalue weighted by atomic mass is 16.2. The number of piperidine rings is 1. The normalized spacial score (nSPS) is 25.6. The van der Waals surface area contributed by atoms with E-state index in [1.54, 1.807) is 14.1 Å². The van der Waals surface area contributed by atoms with Crippen LogP contribution < -0.4 is 0 Å². The molecule has 1 aromatic carbocycles. The Labute approximate surface area is 172 Å².